The summed E-state index contributed by atoms with van der Waals surface area (Å²) < 4.78 is 0. The SMILES string of the molecule is CCCC1(O)CN(c2ccncc2)C1. The summed E-state index contributed by atoms with van der Waals surface area (Å²) in [6.45, 7) is 3.61. The summed E-state index contributed by atoms with van der Waals surface area (Å²) in [5, 5.41) is 9.98. The quantitative estimate of drug-likeness (QED) is 0.787. The molecule has 3 heteroatoms. The molecular weight excluding hydrogens is 176 g/mol. The van der Waals surface area contributed by atoms with Crippen molar-refractivity contribution >= 4 is 5.69 Å². The fourth-order valence-corrected chi connectivity index (χ4v) is 2.03. The number of aromatic nitrogens is 1. The molecule has 0 aromatic carbocycles. The molecule has 0 atom stereocenters. The third-order valence-corrected chi connectivity index (χ3v) is 2.71. The fraction of sp³-hybridized carbons (Fsp3) is 0.545. The zero-order valence-corrected chi connectivity index (χ0v) is 8.48. The van der Waals surface area contributed by atoms with Crippen molar-refractivity contribution in [2.45, 2.75) is 25.4 Å². The molecule has 0 unspecified atom stereocenters. The lowest BCUT2D eigenvalue weighted by molar-refractivity contribution is 0.00339. The van der Waals surface area contributed by atoms with E-state index in [9.17, 15) is 5.11 Å². The van der Waals surface area contributed by atoms with E-state index in [1.807, 2.05) is 12.1 Å². The van der Waals surface area contributed by atoms with Gasteiger partial charge in [0.2, 0.25) is 0 Å². The number of aliphatic hydroxyl groups is 1. The first kappa shape index (κ1) is 9.46. The first-order valence-electron chi connectivity index (χ1n) is 5.11. The highest BCUT2D eigenvalue weighted by Crippen LogP contribution is 2.30. The fourth-order valence-electron chi connectivity index (χ4n) is 2.03. The zero-order chi connectivity index (χ0) is 10.0. The maximum Gasteiger partial charge on any atom is 0.0995 e. The van der Waals surface area contributed by atoms with Crippen LogP contribution in [0.15, 0.2) is 24.5 Å². The molecule has 1 aromatic rings. The summed E-state index contributed by atoms with van der Waals surface area (Å²) in [7, 11) is 0. The number of rotatable bonds is 3. The van der Waals surface area contributed by atoms with Crippen LogP contribution in [0, 0.1) is 0 Å². The Balaban J connectivity index is 1.95. The molecule has 1 aliphatic heterocycles. The van der Waals surface area contributed by atoms with Crippen molar-refractivity contribution in [1.29, 1.82) is 0 Å². The van der Waals surface area contributed by atoms with Crippen molar-refractivity contribution < 1.29 is 5.11 Å². The first-order valence-corrected chi connectivity index (χ1v) is 5.11. The predicted molar refractivity (Wildman–Crippen MR) is 56.3 cm³/mol. The molecule has 14 heavy (non-hydrogen) atoms. The van der Waals surface area contributed by atoms with Gasteiger partial charge >= 0.3 is 0 Å². The molecule has 1 aromatic heterocycles. The maximum atomic E-state index is 9.98. The van der Waals surface area contributed by atoms with Crippen LogP contribution in [0.5, 0.6) is 0 Å². The van der Waals surface area contributed by atoms with Gasteiger partial charge in [0.25, 0.3) is 0 Å². The van der Waals surface area contributed by atoms with E-state index in [0.29, 0.717) is 0 Å². The van der Waals surface area contributed by atoms with Crippen LogP contribution in [-0.4, -0.2) is 28.8 Å². The maximum absolute atomic E-state index is 9.98. The number of nitrogens with zero attached hydrogens (tertiary/aromatic N) is 2. The van der Waals surface area contributed by atoms with Gasteiger partial charge < -0.3 is 10.0 Å². The minimum absolute atomic E-state index is 0.446. The van der Waals surface area contributed by atoms with E-state index >= 15 is 0 Å². The van der Waals surface area contributed by atoms with Crippen molar-refractivity contribution in [3.63, 3.8) is 0 Å². The van der Waals surface area contributed by atoms with E-state index in [4.69, 9.17) is 0 Å². The molecule has 0 radical (unpaired) electrons. The average molecular weight is 192 g/mol. The molecular formula is C11H16N2O. The highest BCUT2D eigenvalue weighted by Gasteiger charge is 2.40. The van der Waals surface area contributed by atoms with Gasteiger partial charge in [-0.3, -0.25) is 4.98 Å². The largest absolute Gasteiger partial charge is 0.386 e. The Hall–Kier alpha value is -1.09. The van der Waals surface area contributed by atoms with Crippen LogP contribution in [0.1, 0.15) is 19.8 Å². The van der Waals surface area contributed by atoms with Crippen LogP contribution >= 0.6 is 0 Å². The molecule has 0 amide bonds. The molecule has 3 nitrogen and oxygen atoms in total. The van der Waals surface area contributed by atoms with Gasteiger partial charge in [-0.2, -0.15) is 0 Å². The van der Waals surface area contributed by atoms with Gasteiger partial charge in [-0.1, -0.05) is 13.3 Å². The van der Waals surface area contributed by atoms with Crippen molar-refractivity contribution in [2.24, 2.45) is 0 Å². The summed E-state index contributed by atoms with van der Waals surface area (Å²) >= 11 is 0. The van der Waals surface area contributed by atoms with Gasteiger partial charge in [0.1, 0.15) is 0 Å². The number of anilines is 1. The van der Waals surface area contributed by atoms with Crippen LogP contribution in [0.2, 0.25) is 0 Å². The van der Waals surface area contributed by atoms with Gasteiger partial charge in [0, 0.05) is 31.2 Å². The summed E-state index contributed by atoms with van der Waals surface area (Å²) in [4.78, 5) is 6.15. The summed E-state index contributed by atoms with van der Waals surface area (Å²) in [6, 6.07) is 3.96. The Morgan fingerprint density at radius 2 is 2.07 bits per heavy atom. The average Bonchev–Trinajstić information content (AvgIpc) is 2.16. The Morgan fingerprint density at radius 3 is 2.64 bits per heavy atom. The van der Waals surface area contributed by atoms with Crippen molar-refractivity contribution in [2.75, 3.05) is 18.0 Å². The molecule has 1 fully saturated rings. The minimum atomic E-state index is -0.446. The van der Waals surface area contributed by atoms with Gasteiger partial charge in [-0.15, -0.1) is 0 Å². The van der Waals surface area contributed by atoms with E-state index in [-0.39, 0.29) is 0 Å². The lowest BCUT2D eigenvalue weighted by Crippen LogP contribution is -2.61. The van der Waals surface area contributed by atoms with Crippen LogP contribution in [0.4, 0.5) is 5.69 Å². The lowest BCUT2D eigenvalue weighted by Gasteiger charge is -2.48. The van der Waals surface area contributed by atoms with Crippen molar-refractivity contribution in [1.82, 2.24) is 4.98 Å². The van der Waals surface area contributed by atoms with E-state index in [1.165, 1.54) is 0 Å². The normalized spacial score (nSPS) is 19.1. The molecule has 0 saturated carbocycles. The zero-order valence-electron chi connectivity index (χ0n) is 8.48. The number of pyridine rings is 1. The standard InChI is InChI=1S/C11H16N2O/c1-2-5-11(14)8-13(9-11)10-3-6-12-7-4-10/h3-4,6-7,14H,2,5,8-9H2,1H3. The van der Waals surface area contributed by atoms with E-state index in [1.54, 1.807) is 12.4 Å². The minimum Gasteiger partial charge on any atom is -0.386 e. The third-order valence-electron chi connectivity index (χ3n) is 2.71. The van der Waals surface area contributed by atoms with Gasteiger partial charge in [0.15, 0.2) is 0 Å². The van der Waals surface area contributed by atoms with E-state index < -0.39 is 5.60 Å². The highest BCUT2D eigenvalue weighted by molar-refractivity contribution is 5.48. The molecule has 1 N–H and O–H groups in total. The van der Waals surface area contributed by atoms with E-state index in [0.717, 1.165) is 31.6 Å². The van der Waals surface area contributed by atoms with Gasteiger partial charge in [-0.05, 0) is 18.6 Å². The Morgan fingerprint density at radius 1 is 1.43 bits per heavy atom. The van der Waals surface area contributed by atoms with E-state index in [2.05, 4.69) is 16.8 Å². The monoisotopic (exact) mass is 192 g/mol. The summed E-state index contributed by atoms with van der Waals surface area (Å²) in [5.74, 6) is 0. The molecule has 2 rings (SSSR count). The number of hydrogen-bond donors (Lipinski definition) is 1. The third kappa shape index (κ3) is 1.73. The Bertz CT molecular complexity index is 293. The second-order valence-electron chi connectivity index (χ2n) is 4.04. The molecule has 0 bridgehead atoms. The van der Waals surface area contributed by atoms with Crippen LogP contribution in [0.25, 0.3) is 0 Å². The van der Waals surface area contributed by atoms with Crippen LogP contribution in [0.3, 0.4) is 0 Å². The van der Waals surface area contributed by atoms with Crippen molar-refractivity contribution in [3.05, 3.63) is 24.5 Å². The molecule has 1 saturated heterocycles. The van der Waals surface area contributed by atoms with Gasteiger partial charge in [0.05, 0.1) is 5.60 Å². The summed E-state index contributed by atoms with van der Waals surface area (Å²) in [5.41, 5.74) is 0.707. The Kier molecular flexibility index (Phi) is 2.42. The summed E-state index contributed by atoms with van der Waals surface area (Å²) in [6.07, 6.45) is 5.51. The topological polar surface area (TPSA) is 36.4 Å². The highest BCUT2D eigenvalue weighted by atomic mass is 16.3. The predicted octanol–water partition coefficient (Wildman–Crippen LogP) is 1.43. The lowest BCUT2D eigenvalue weighted by atomic mass is 9.89. The molecule has 0 spiro atoms. The number of hydrogen-bond acceptors (Lipinski definition) is 3. The molecule has 1 aliphatic rings. The van der Waals surface area contributed by atoms with Gasteiger partial charge in [-0.25, -0.2) is 0 Å². The first-order chi connectivity index (χ1) is 6.73. The molecule has 0 aliphatic carbocycles. The smallest absolute Gasteiger partial charge is 0.0995 e. The van der Waals surface area contributed by atoms with Crippen molar-refractivity contribution in [3.8, 4) is 0 Å². The molecule has 2 heterocycles. The van der Waals surface area contributed by atoms with Crippen LogP contribution in [-0.2, 0) is 0 Å². The molecule has 76 valence electrons. The number of β-amino-alcohol motifs (C(OH)–C–C–N with tert-alkyl or cyclic N) is 1. The Labute approximate surface area is 84.4 Å². The second-order valence-corrected chi connectivity index (χ2v) is 4.04. The second kappa shape index (κ2) is 3.58. The van der Waals surface area contributed by atoms with Crippen LogP contribution < -0.4 is 4.90 Å².